The summed E-state index contributed by atoms with van der Waals surface area (Å²) >= 11 is 0. The van der Waals surface area contributed by atoms with Crippen molar-refractivity contribution in [2.75, 3.05) is 6.54 Å². The van der Waals surface area contributed by atoms with Crippen LogP contribution in [-0.4, -0.2) is 33.2 Å². The number of hydrogen-bond acceptors (Lipinski definition) is 3. The second-order valence-corrected chi connectivity index (χ2v) is 8.17. The summed E-state index contributed by atoms with van der Waals surface area (Å²) in [5.74, 6) is 0.465. The fourth-order valence-corrected chi connectivity index (χ4v) is 4.90. The van der Waals surface area contributed by atoms with E-state index in [1.807, 2.05) is 0 Å². The summed E-state index contributed by atoms with van der Waals surface area (Å²) in [4.78, 5) is 14.9. The van der Waals surface area contributed by atoms with Crippen molar-refractivity contribution in [3.8, 4) is 0 Å². The molecule has 5 heteroatoms. The minimum atomic E-state index is 0.226. The van der Waals surface area contributed by atoms with Gasteiger partial charge >= 0.3 is 0 Å². The molecule has 1 aliphatic heterocycles. The van der Waals surface area contributed by atoms with E-state index in [4.69, 9.17) is 5.10 Å². The first-order chi connectivity index (χ1) is 12.3. The van der Waals surface area contributed by atoms with Crippen LogP contribution in [0.25, 0.3) is 0 Å². The van der Waals surface area contributed by atoms with Crippen molar-refractivity contribution in [3.63, 3.8) is 0 Å². The number of nitrogens with zero attached hydrogens (tertiary/aromatic N) is 3. The van der Waals surface area contributed by atoms with Crippen LogP contribution >= 0.6 is 0 Å². The molecule has 5 nitrogen and oxygen atoms in total. The molecule has 1 amide bonds. The molecule has 0 radical (unpaired) electrons. The molecule has 2 aliphatic carbocycles. The summed E-state index contributed by atoms with van der Waals surface area (Å²) in [5.41, 5.74) is 2.35. The fraction of sp³-hybridized carbons (Fsp3) is 0.800. The van der Waals surface area contributed by atoms with E-state index in [0.29, 0.717) is 6.54 Å². The highest BCUT2D eigenvalue weighted by Gasteiger charge is 2.25. The predicted octanol–water partition coefficient (Wildman–Crippen LogP) is 3.23. The number of hydrogen-bond donors (Lipinski definition) is 1. The molecule has 2 fully saturated rings. The maximum absolute atomic E-state index is 12.2. The lowest BCUT2D eigenvalue weighted by atomic mass is 9.94. The van der Waals surface area contributed by atoms with E-state index < -0.39 is 0 Å². The molecule has 0 saturated heterocycles. The molecule has 4 rings (SSSR count). The number of aryl methyl sites for hydroxylation is 1. The van der Waals surface area contributed by atoms with Gasteiger partial charge in [0.2, 0.25) is 5.91 Å². The van der Waals surface area contributed by atoms with Crippen LogP contribution in [0.15, 0.2) is 6.07 Å². The van der Waals surface area contributed by atoms with Gasteiger partial charge in [0.1, 0.15) is 0 Å². The number of nitrogens with one attached hydrogen (secondary N) is 1. The van der Waals surface area contributed by atoms with Crippen LogP contribution in [0.5, 0.6) is 0 Å². The van der Waals surface area contributed by atoms with Crippen molar-refractivity contribution in [3.05, 3.63) is 17.5 Å². The Bertz CT molecular complexity index is 585. The van der Waals surface area contributed by atoms with E-state index in [9.17, 15) is 4.79 Å². The maximum atomic E-state index is 12.2. The van der Waals surface area contributed by atoms with Crippen LogP contribution in [0.3, 0.4) is 0 Å². The molecule has 3 aliphatic rings. The van der Waals surface area contributed by atoms with E-state index in [1.54, 1.807) is 0 Å². The van der Waals surface area contributed by atoms with Gasteiger partial charge in [-0.15, -0.1) is 0 Å². The first-order valence-corrected chi connectivity index (χ1v) is 10.4. The van der Waals surface area contributed by atoms with Gasteiger partial charge in [0.15, 0.2) is 0 Å². The molecular weight excluding hydrogens is 312 g/mol. The lowest BCUT2D eigenvalue weighted by Crippen LogP contribution is -2.36. The van der Waals surface area contributed by atoms with E-state index in [2.05, 4.69) is 21.0 Å². The van der Waals surface area contributed by atoms with Crippen LogP contribution < -0.4 is 5.32 Å². The maximum Gasteiger partial charge on any atom is 0.223 e. The van der Waals surface area contributed by atoms with Gasteiger partial charge in [0, 0.05) is 31.6 Å². The van der Waals surface area contributed by atoms with Gasteiger partial charge in [-0.1, -0.05) is 32.1 Å². The minimum absolute atomic E-state index is 0.226. The van der Waals surface area contributed by atoms with Crippen molar-refractivity contribution < 1.29 is 4.79 Å². The Hall–Kier alpha value is -1.36. The predicted molar refractivity (Wildman–Crippen MR) is 97.9 cm³/mol. The molecule has 2 saturated carbocycles. The van der Waals surface area contributed by atoms with E-state index in [1.165, 1.54) is 63.6 Å². The average Bonchev–Trinajstić information content (AvgIpc) is 3.27. The third-order valence-electron chi connectivity index (χ3n) is 6.36. The second-order valence-electron chi connectivity index (χ2n) is 8.17. The summed E-state index contributed by atoms with van der Waals surface area (Å²) in [7, 11) is 0. The Kier molecular flexibility index (Phi) is 5.39. The topological polar surface area (TPSA) is 50.2 Å². The molecule has 0 unspecified atom stereocenters. The van der Waals surface area contributed by atoms with E-state index in [0.717, 1.165) is 37.7 Å². The molecular formula is C20H32N4O. The highest BCUT2D eigenvalue weighted by atomic mass is 16.1. The van der Waals surface area contributed by atoms with Crippen LogP contribution in [0.1, 0.15) is 75.6 Å². The summed E-state index contributed by atoms with van der Waals surface area (Å²) in [6.45, 7) is 3.81. The van der Waals surface area contributed by atoms with Crippen molar-refractivity contribution in [2.45, 2.75) is 89.9 Å². The third kappa shape index (κ3) is 4.08. The molecule has 0 atom stereocenters. The van der Waals surface area contributed by atoms with Gasteiger partial charge in [-0.25, -0.2) is 0 Å². The molecule has 0 bridgehead atoms. The number of amides is 1. The van der Waals surface area contributed by atoms with E-state index in [-0.39, 0.29) is 11.8 Å². The van der Waals surface area contributed by atoms with Crippen LogP contribution in [0.4, 0.5) is 0 Å². The number of carbonyl (C=O) groups is 1. The lowest BCUT2D eigenvalue weighted by Gasteiger charge is -2.33. The average molecular weight is 345 g/mol. The molecule has 0 aromatic carbocycles. The largest absolute Gasteiger partial charge is 0.350 e. The SMILES string of the molecule is O=C(NCc1cc2n(n1)CCCN(C1CCCCC1)C2)C1CCCC1. The Morgan fingerprint density at radius 1 is 1.04 bits per heavy atom. The second kappa shape index (κ2) is 7.90. The van der Waals surface area contributed by atoms with Crippen LogP contribution in [0, 0.1) is 5.92 Å². The first-order valence-electron chi connectivity index (χ1n) is 10.4. The highest BCUT2D eigenvalue weighted by molar-refractivity contribution is 5.78. The first kappa shape index (κ1) is 17.1. The fourth-order valence-electron chi connectivity index (χ4n) is 4.90. The van der Waals surface area contributed by atoms with Crippen LogP contribution in [0.2, 0.25) is 0 Å². The third-order valence-corrected chi connectivity index (χ3v) is 6.36. The lowest BCUT2D eigenvalue weighted by molar-refractivity contribution is -0.124. The number of rotatable bonds is 4. The zero-order valence-electron chi connectivity index (χ0n) is 15.4. The molecule has 138 valence electrons. The molecule has 1 N–H and O–H groups in total. The van der Waals surface area contributed by atoms with Crippen LogP contribution in [-0.2, 0) is 24.4 Å². The molecule has 1 aromatic rings. The number of carbonyl (C=O) groups excluding carboxylic acids is 1. The summed E-state index contributed by atoms with van der Waals surface area (Å²) < 4.78 is 2.18. The monoisotopic (exact) mass is 344 g/mol. The van der Waals surface area contributed by atoms with Crippen molar-refractivity contribution in [1.82, 2.24) is 20.0 Å². The Labute approximate surface area is 151 Å². The van der Waals surface area contributed by atoms with E-state index >= 15 is 0 Å². The van der Waals surface area contributed by atoms with Crippen molar-refractivity contribution in [1.29, 1.82) is 0 Å². The zero-order valence-corrected chi connectivity index (χ0v) is 15.4. The highest BCUT2D eigenvalue weighted by Crippen LogP contribution is 2.26. The number of aromatic nitrogens is 2. The quantitative estimate of drug-likeness (QED) is 0.912. The van der Waals surface area contributed by atoms with Crippen molar-refractivity contribution in [2.24, 2.45) is 5.92 Å². The van der Waals surface area contributed by atoms with Gasteiger partial charge < -0.3 is 5.32 Å². The number of fused-ring (bicyclic) bond motifs is 1. The Balaban J connectivity index is 1.36. The molecule has 0 spiro atoms. The summed E-state index contributed by atoms with van der Waals surface area (Å²) in [5, 5.41) is 7.88. The zero-order chi connectivity index (χ0) is 17.1. The van der Waals surface area contributed by atoms with Gasteiger partial charge in [0.25, 0.3) is 0 Å². The molecule has 2 heterocycles. The summed E-state index contributed by atoms with van der Waals surface area (Å²) in [6, 6.07) is 2.98. The van der Waals surface area contributed by atoms with Gasteiger partial charge in [-0.2, -0.15) is 5.10 Å². The Morgan fingerprint density at radius 2 is 1.80 bits per heavy atom. The Morgan fingerprint density at radius 3 is 2.60 bits per heavy atom. The minimum Gasteiger partial charge on any atom is -0.350 e. The van der Waals surface area contributed by atoms with Gasteiger partial charge in [0.05, 0.1) is 17.9 Å². The molecule has 1 aromatic heterocycles. The van der Waals surface area contributed by atoms with Crippen molar-refractivity contribution >= 4 is 5.91 Å². The smallest absolute Gasteiger partial charge is 0.223 e. The normalized spacial score (nSPS) is 23.4. The van der Waals surface area contributed by atoms with Gasteiger partial charge in [-0.3, -0.25) is 14.4 Å². The molecule has 25 heavy (non-hydrogen) atoms. The standard InChI is InChI=1S/C20H32N4O/c25-20(16-7-4-5-8-16)21-14-17-13-19-15-23(11-6-12-24(19)22-17)18-9-2-1-3-10-18/h13,16,18H,1-12,14-15H2,(H,21,25). The summed E-state index contributed by atoms with van der Waals surface area (Å²) in [6.07, 6.45) is 12.6. The van der Waals surface area contributed by atoms with Gasteiger partial charge in [-0.05, 0) is 38.2 Å².